The fraction of sp³-hybridized carbons (Fsp3) is 0.650. The van der Waals surface area contributed by atoms with Gasteiger partial charge in [-0.3, -0.25) is 9.69 Å². The van der Waals surface area contributed by atoms with E-state index in [2.05, 4.69) is 9.80 Å². The molecule has 5 heteroatoms. The molecule has 25 heavy (non-hydrogen) atoms. The number of ether oxygens (including phenoxy) is 1. The lowest BCUT2D eigenvalue weighted by Gasteiger charge is -2.37. The lowest BCUT2D eigenvalue weighted by molar-refractivity contribution is -0.139. The number of benzene rings is 1. The number of amides is 1. The molecule has 1 aromatic carbocycles. The Balaban J connectivity index is 1.29. The Hall–Kier alpha value is -1.62. The van der Waals surface area contributed by atoms with Gasteiger partial charge in [-0.25, -0.2) is 4.39 Å². The van der Waals surface area contributed by atoms with Crippen LogP contribution < -0.4 is 4.74 Å². The lowest BCUT2D eigenvalue weighted by atomic mass is 9.87. The normalized spacial score (nSPS) is 29.2. The van der Waals surface area contributed by atoms with Crippen molar-refractivity contribution in [3.05, 3.63) is 29.6 Å². The quantitative estimate of drug-likeness (QED) is 0.840. The van der Waals surface area contributed by atoms with Gasteiger partial charge in [-0.1, -0.05) is 12.5 Å². The molecule has 3 atom stereocenters. The van der Waals surface area contributed by atoms with Gasteiger partial charge in [0, 0.05) is 38.6 Å². The van der Waals surface area contributed by atoms with Crippen LogP contribution in [0.1, 0.15) is 31.2 Å². The van der Waals surface area contributed by atoms with Gasteiger partial charge in [-0.15, -0.1) is 0 Å². The summed E-state index contributed by atoms with van der Waals surface area (Å²) >= 11 is 0. The Morgan fingerprint density at radius 2 is 2.00 bits per heavy atom. The Kier molecular flexibility index (Phi) is 4.67. The summed E-state index contributed by atoms with van der Waals surface area (Å²) in [7, 11) is 1.48. The molecule has 1 aliphatic heterocycles. The molecule has 0 aromatic heterocycles. The van der Waals surface area contributed by atoms with Crippen molar-refractivity contribution in [2.24, 2.45) is 17.8 Å². The molecule has 3 aliphatic rings. The predicted octanol–water partition coefficient (Wildman–Crippen LogP) is 2.91. The Morgan fingerprint density at radius 1 is 1.20 bits per heavy atom. The van der Waals surface area contributed by atoms with Crippen molar-refractivity contribution in [1.29, 1.82) is 0 Å². The average Bonchev–Trinajstić information content (AvgIpc) is 3.25. The highest BCUT2D eigenvalue weighted by molar-refractivity contribution is 5.79. The van der Waals surface area contributed by atoms with Gasteiger partial charge in [-0.2, -0.15) is 0 Å². The molecule has 1 aromatic rings. The SMILES string of the molecule is COc1ccc(CN2CCN(C(=O)[C@@H]3C[C@H]4CC[C@H]3C4)CC2)cc1F. The monoisotopic (exact) mass is 346 g/mol. The molecular formula is C20H27FN2O2. The number of hydrogen-bond acceptors (Lipinski definition) is 3. The second-order valence-corrected chi connectivity index (χ2v) is 7.85. The zero-order valence-corrected chi connectivity index (χ0v) is 14.9. The van der Waals surface area contributed by atoms with Gasteiger partial charge in [0.05, 0.1) is 7.11 Å². The molecule has 1 heterocycles. The first-order chi connectivity index (χ1) is 12.1. The first kappa shape index (κ1) is 16.8. The molecule has 136 valence electrons. The molecule has 0 radical (unpaired) electrons. The summed E-state index contributed by atoms with van der Waals surface area (Å²) in [4.78, 5) is 17.2. The van der Waals surface area contributed by atoms with Gasteiger partial charge >= 0.3 is 0 Å². The van der Waals surface area contributed by atoms with Crippen LogP contribution in [0.25, 0.3) is 0 Å². The maximum Gasteiger partial charge on any atom is 0.226 e. The number of fused-ring (bicyclic) bond motifs is 2. The first-order valence-corrected chi connectivity index (χ1v) is 9.47. The lowest BCUT2D eigenvalue weighted by Crippen LogP contribution is -2.50. The molecule has 1 saturated heterocycles. The maximum absolute atomic E-state index is 13.8. The van der Waals surface area contributed by atoms with Crippen molar-refractivity contribution in [2.75, 3.05) is 33.3 Å². The van der Waals surface area contributed by atoms with E-state index < -0.39 is 0 Å². The minimum absolute atomic E-state index is 0.282. The summed E-state index contributed by atoms with van der Waals surface area (Å²) in [5.74, 6) is 2.11. The zero-order valence-electron chi connectivity index (χ0n) is 14.9. The number of halogens is 1. The van der Waals surface area contributed by atoms with Crippen LogP contribution in [0.15, 0.2) is 18.2 Å². The molecule has 0 unspecified atom stereocenters. The summed E-state index contributed by atoms with van der Waals surface area (Å²) in [6, 6.07) is 5.14. The minimum atomic E-state index is -0.315. The molecule has 2 aliphatic carbocycles. The Bertz CT molecular complexity index is 643. The van der Waals surface area contributed by atoms with Crippen molar-refractivity contribution >= 4 is 5.91 Å². The van der Waals surface area contributed by atoms with Crippen LogP contribution in [-0.2, 0) is 11.3 Å². The minimum Gasteiger partial charge on any atom is -0.494 e. The first-order valence-electron chi connectivity index (χ1n) is 9.47. The fourth-order valence-corrected chi connectivity index (χ4v) is 4.97. The van der Waals surface area contributed by atoms with Crippen LogP contribution in [-0.4, -0.2) is 49.0 Å². The van der Waals surface area contributed by atoms with E-state index in [-0.39, 0.29) is 11.6 Å². The second kappa shape index (κ2) is 6.94. The smallest absolute Gasteiger partial charge is 0.226 e. The number of hydrogen-bond donors (Lipinski definition) is 0. The summed E-state index contributed by atoms with van der Waals surface area (Å²) in [5, 5.41) is 0. The largest absolute Gasteiger partial charge is 0.494 e. The van der Waals surface area contributed by atoms with E-state index in [1.807, 2.05) is 6.07 Å². The highest BCUT2D eigenvalue weighted by Gasteiger charge is 2.44. The Morgan fingerprint density at radius 3 is 2.60 bits per heavy atom. The van der Waals surface area contributed by atoms with Gasteiger partial charge < -0.3 is 9.64 Å². The van der Waals surface area contributed by atoms with Crippen LogP contribution >= 0.6 is 0 Å². The summed E-state index contributed by atoms with van der Waals surface area (Å²) in [5.41, 5.74) is 0.950. The highest BCUT2D eigenvalue weighted by atomic mass is 19.1. The predicted molar refractivity (Wildman–Crippen MR) is 93.7 cm³/mol. The summed E-state index contributed by atoms with van der Waals surface area (Å²) in [6.07, 6.45) is 4.99. The van der Waals surface area contributed by atoms with Crippen LogP contribution in [0.4, 0.5) is 4.39 Å². The number of nitrogens with zero attached hydrogens (tertiary/aromatic N) is 2. The van der Waals surface area contributed by atoms with Crippen molar-refractivity contribution in [3.63, 3.8) is 0 Å². The molecule has 2 bridgehead atoms. The number of rotatable bonds is 4. The fourth-order valence-electron chi connectivity index (χ4n) is 4.97. The van der Waals surface area contributed by atoms with Gasteiger partial charge in [0.2, 0.25) is 5.91 Å². The molecule has 0 N–H and O–H groups in total. The summed E-state index contributed by atoms with van der Waals surface area (Å²) in [6.45, 7) is 4.04. The second-order valence-electron chi connectivity index (χ2n) is 7.85. The third-order valence-corrected chi connectivity index (χ3v) is 6.36. The number of carbonyl (C=O) groups is 1. The van der Waals surface area contributed by atoms with E-state index in [1.165, 1.54) is 26.4 Å². The molecule has 4 nitrogen and oxygen atoms in total. The number of carbonyl (C=O) groups excluding carboxylic acids is 1. The van der Waals surface area contributed by atoms with Gasteiger partial charge in [-0.05, 0) is 48.8 Å². The third-order valence-electron chi connectivity index (χ3n) is 6.36. The molecular weight excluding hydrogens is 319 g/mol. The van der Waals surface area contributed by atoms with Gasteiger partial charge in [0.1, 0.15) is 0 Å². The van der Waals surface area contributed by atoms with Gasteiger partial charge in [0.15, 0.2) is 11.6 Å². The van der Waals surface area contributed by atoms with Crippen molar-refractivity contribution in [1.82, 2.24) is 9.80 Å². The topological polar surface area (TPSA) is 32.8 Å². The highest BCUT2D eigenvalue weighted by Crippen LogP contribution is 2.48. The van der Waals surface area contributed by atoms with Crippen LogP contribution in [0, 0.1) is 23.6 Å². The molecule has 4 rings (SSSR count). The van der Waals surface area contributed by atoms with Crippen LogP contribution in [0.3, 0.4) is 0 Å². The van der Waals surface area contributed by atoms with E-state index in [9.17, 15) is 9.18 Å². The van der Waals surface area contributed by atoms with Crippen molar-refractivity contribution < 1.29 is 13.9 Å². The van der Waals surface area contributed by atoms with Crippen LogP contribution in [0.2, 0.25) is 0 Å². The number of methoxy groups -OCH3 is 1. The van der Waals surface area contributed by atoms with Crippen LogP contribution in [0.5, 0.6) is 5.75 Å². The standard InChI is InChI=1S/C20H27FN2O2/c1-25-19-5-3-15(12-18(19)21)13-22-6-8-23(9-7-22)20(24)17-11-14-2-4-16(17)10-14/h3,5,12,14,16-17H,2,4,6-11,13H2,1H3/t14-,16-,17+/m0/s1. The van der Waals surface area contributed by atoms with Crippen molar-refractivity contribution in [2.45, 2.75) is 32.2 Å². The maximum atomic E-state index is 13.8. The average molecular weight is 346 g/mol. The van der Waals surface area contributed by atoms with Crippen molar-refractivity contribution in [3.8, 4) is 5.75 Å². The van der Waals surface area contributed by atoms with E-state index in [0.29, 0.717) is 17.7 Å². The molecule has 0 spiro atoms. The van der Waals surface area contributed by atoms with E-state index >= 15 is 0 Å². The van der Waals surface area contributed by atoms with Gasteiger partial charge in [0.25, 0.3) is 0 Å². The molecule has 1 amide bonds. The Labute approximate surface area is 148 Å². The zero-order chi connectivity index (χ0) is 17.4. The molecule has 2 saturated carbocycles. The summed E-state index contributed by atoms with van der Waals surface area (Å²) < 4.78 is 18.8. The number of piperazine rings is 1. The van der Waals surface area contributed by atoms with E-state index in [1.54, 1.807) is 12.1 Å². The third kappa shape index (κ3) is 3.39. The van der Waals surface area contributed by atoms with E-state index in [0.717, 1.165) is 50.6 Å². The molecule has 3 fully saturated rings. The van der Waals surface area contributed by atoms with E-state index in [4.69, 9.17) is 4.74 Å².